The largest absolute Gasteiger partial charge is 0.440 e. The summed E-state index contributed by atoms with van der Waals surface area (Å²) in [6.45, 7) is 1.41. The second kappa shape index (κ2) is 6.36. The van der Waals surface area contributed by atoms with E-state index >= 15 is 0 Å². The third-order valence-electron chi connectivity index (χ3n) is 4.39. The molecule has 4 rings (SSSR count). The molecule has 24 heavy (non-hydrogen) atoms. The van der Waals surface area contributed by atoms with E-state index in [4.69, 9.17) is 4.42 Å². The molecule has 0 N–H and O–H groups in total. The first-order chi connectivity index (χ1) is 11.7. The van der Waals surface area contributed by atoms with Crippen molar-refractivity contribution in [3.63, 3.8) is 0 Å². The number of oxazole rings is 1. The van der Waals surface area contributed by atoms with E-state index in [0.717, 1.165) is 34.3 Å². The SMILES string of the molecule is O=C(c1cncc(Br)c1)N1CCC(c2nc3ccccc3o2)CC1. The first kappa shape index (κ1) is 15.3. The van der Waals surface area contributed by atoms with Crippen LogP contribution in [0.3, 0.4) is 0 Å². The summed E-state index contributed by atoms with van der Waals surface area (Å²) in [5, 5.41) is 0. The van der Waals surface area contributed by atoms with Gasteiger partial charge in [0.05, 0.1) is 5.56 Å². The van der Waals surface area contributed by atoms with Gasteiger partial charge in [0, 0.05) is 35.9 Å². The molecule has 1 saturated heterocycles. The number of halogens is 1. The van der Waals surface area contributed by atoms with Crippen LogP contribution in [0.15, 0.2) is 51.6 Å². The van der Waals surface area contributed by atoms with Gasteiger partial charge < -0.3 is 9.32 Å². The fraction of sp³-hybridized carbons (Fsp3) is 0.278. The second-order valence-electron chi connectivity index (χ2n) is 5.98. The van der Waals surface area contributed by atoms with Crippen molar-refractivity contribution in [2.24, 2.45) is 0 Å². The highest BCUT2D eigenvalue weighted by Crippen LogP contribution is 2.30. The van der Waals surface area contributed by atoms with E-state index in [-0.39, 0.29) is 11.8 Å². The molecule has 0 saturated carbocycles. The lowest BCUT2D eigenvalue weighted by atomic mass is 9.96. The topological polar surface area (TPSA) is 59.2 Å². The van der Waals surface area contributed by atoms with Gasteiger partial charge in [-0.25, -0.2) is 4.98 Å². The number of rotatable bonds is 2. The molecule has 0 atom stereocenters. The summed E-state index contributed by atoms with van der Waals surface area (Å²) in [5.41, 5.74) is 2.34. The molecular weight excluding hydrogens is 370 g/mol. The Balaban J connectivity index is 1.45. The van der Waals surface area contributed by atoms with E-state index in [1.165, 1.54) is 0 Å². The van der Waals surface area contributed by atoms with Crippen LogP contribution in [0.2, 0.25) is 0 Å². The molecule has 1 aliphatic heterocycles. The molecule has 6 heteroatoms. The highest BCUT2D eigenvalue weighted by Gasteiger charge is 2.27. The number of likely N-dealkylation sites (tertiary alicyclic amines) is 1. The van der Waals surface area contributed by atoms with E-state index in [2.05, 4.69) is 25.9 Å². The number of hydrogen-bond donors (Lipinski definition) is 0. The average Bonchev–Trinajstić information content (AvgIpc) is 3.05. The minimum atomic E-state index is 0.0276. The zero-order valence-corrected chi connectivity index (χ0v) is 14.6. The fourth-order valence-corrected chi connectivity index (χ4v) is 3.47. The number of benzene rings is 1. The van der Waals surface area contributed by atoms with Crippen LogP contribution >= 0.6 is 15.9 Å². The number of nitrogens with zero attached hydrogens (tertiary/aromatic N) is 3. The lowest BCUT2D eigenvalue weighted by molar-refractivity contribution is 0.0706. The van der Waals surface area contributed by atoms with Gasteiger partial charge in [-0.1, -0.05) is 12.1 Å². The van der Waals surface area contributed by atoms with Crippen LogP contribution in [0, 0.1) is 0 Å². The van der Waals surface area contributed by atoms with Gasteiger partial charge in [0.15, 0.2) is 11.5 Å². The zero-order valence-electron chi connectivity index (χ0n) is 13.0. The number of aromatic nitrogens is 2. The van der Waals surface area contributed by atoms with Crippen LogP contribution in [0.1, 0.15) is 35.0 Å². The minimum absolute atomic E-state index is 0.0276. The number of piperidine rings is 1. The Kier molecular flexibility index (Phi) is 4.06. The number of pyridine rings is 1. The van der Waals surface area contributed by atoms with Gasteiger partial charge in [-0.3, -0.25) is 9.78 Å². The number of carbonyl (C=O) groups excluding carboxylic acids is 1. The minimum Gasteiger partial charge on any atom is -0.440 e. The molecule has 1 amide bonds. The fourth-order valence-electron chi connectivity index (χ4n) is 3.11. The number of para-hydroxylation sites is 2. The maximum absolute atomic E-state index is 12.6. The lowest BCUT2D eigenvalue weighted by Gasteiger charge is -2.30. The van der Waals surface area contributed by atoms with Crippen LogP contribution < -0.4 is 0 Å². The average molecular weight is 386 g/mol. The normalized spacial score (nSPS) is 15.8. The van der Waals surface area contributed by atoms with Gasteiger partial charge in [-0.15, -0.1) is 0 Å². The first-order valence-corrected chi connectivity index (χ1v) is 8.75. The Morgan fingerprint density at radius 3 is 2.75 bits per heavy atom. The molecular formula is C18H16BrN3O2. The van der Waals surface area contributed by atoms with Crippen LogP contribution in [0.25, 0.3) is 11.1 Å². The summed E-state index contributed by atoms with van der Waals surface area (Å²) in [5.74, 6) is 1.08. The molecule has 0 bridgehead atoms. The van der Waals surface area contributed by atoms with Gasteiger partial charge in [0.1, 0.15) is 5.52 Å². The summed E-state index contributed by atoms with van der Waals surface area (Å²) < 4.78 is 6.69. The molecule has 1 fully saturated rings. The Bertz CT molecular complexity index is 852. The van der Waals surface area contributed by atoms with Crippen molar-refractivity contribution < 1.29 is 9.21 Å². The summed E-state index contributed by atoms with van der Waals surface area (Å²) in [7, 11) is 0. The van der Waals surface area contributed by atoms with Crippen molar-refractivity contribution in [1.29, 1.82) is 0 Å². The van der Waals surface area contributed by atoms with Crippen LogP contribution in [0.5, 0.6) is 0 Å². The molecule has 3 heterocycles. The first-order valence-electron chi connectivity index (χ1n) is 7.96. The van der Waals surface area contributed by atoms with E-state index in [9.17, 15) is 4.79 Å². The van der Waals surface area contributed by atoms with E-state index in [1.54, 1.807) is 12.4 Å². The van der Waals surface area contributed by atoms with Gasteiger partial charge in [-0.2, -0.15) is 0 Å². The summed E-state index contributed by atoms with van der Waals surface area (Å²) in [6.07, 6.45) is 5.01. The standard InChI is InChI=1S/C18H16BrN3O2/c19-14-9-13(10-20-11-14)18(23)22-7-5-12(6-8-22)17-21-15-3-1-2-4-16(15)24-17/h1-4,9-12H,5-8H2. The lowest BCUT2D eigenvalue weighted by Crippen LogP contribution is -2.38. The van der Waals surface area contributed by atoms with Crippen molar-refractivity contribution >= 4 is 32.9 Å². The Hall–Kier alpha value is -2.21. The zero-order chi connectivity index (χ0) is 16.5. The molecule has 0 radical (unpaired) electrons. The predicted octanol–water partition coefficient (Wildman–Crippen LogP) is 4.01. The molecule has 0 aliphatic carbocycles. The maximum atomic E-state index is 12.6. The molecule has 3 aromatic rings. The Morgan fingerprint density at radius 2 is 2.00 bits per heavy atom. The maximum Gasteiger partial charge on any atom is 0.255 e. The predicted molar refractivity (Wildman–Crippen MR) is 93.8 cm³/mol. The number of amides is 1. The van der Waals surface area contributed by atoms with Crippen molar-refractivity contribution in [3.05, 3.63) is 58.7 Å². The van der Waals surface area contributed by atoms with Crippen molar-refractivity contribution in [1.82, 2.24) is 14.9 Å². The quantitative estimate of drug-likeness (QED) is 0.668. The molecule has 0 spiro atoms. The molecule has 0 unspecified atom stereocenters. The molecule has 5 nitrogen and oxygen atoms in total. The van der Waals surface area contributed by atoms with E-state index in [0.29, 0.717) is 18.7 Å². The van der Waals surface area contributed by atoms with Crippen molar-refractivity contribution in [3.8, 4) is 0 Å². The van der Waals surface area contributed by atoms with Crippen LogP contribution in [-0.2, 0) is 0 Å². The molecule has 1 aromatic carbocycles. The number of hydrogen-bond acceptors (Lipinski definition) is 4. The molecule has 122 valence electrons. The van der Waals surface area contributed by atoms with Gasteiger partial charge in [0.2, 0.25) is 0 Å². The van der Waals surface area contributed by atoms with Crippen LogP contribution in [-0.4, -0.2) is 33.9 Å². The third-order valence-corrected chi connectivity index (χ3v) is 4.83. The van der Waals surface area contributed by atoms with Crippen LogP contribution in [0.4, 0.5) is 0 Å². The summed E-state index contributed by atoms with van der Waals surface area (Å²) >= 11 is 3.36. The number of carbonyl (C=O) groups is 1. The van der Waals surface area contributed by atoms with Gasteiger partial charge in [0.25, 0.3) is 5.91 Å². The highest BCUT2D eigenvalue weighted by atomic mass is 79.9. The Labute approximate surface area is 147 Å². The monoisotopic (exact) mass is 385 g/mol. The highest BCUT2D eigenvalue weighted by molar-refractivity contribution is 9.10. The van der Waals surface area contributed by atoms with Gasteiger partial charge in [-0.05, 0) is 47.0 Å². The Morgan fingerprint density at radius 1 is 1.21 bits per heavy atom. The smallest absolute Gasteiger partial charge is 0.255 e. The number of fused-ring (bicyclic) bond motifs is 1. The van der Waals surface area contributed by atoms with Crippen molar-refractivity contribution in [2.45, 2.75) is 18.8 Å². The van der Waals surface area contributed by atoms with Crippen molar-refractivity contribution in [2.75, 3.05) is 13.1 Å². The molecule has 1 aliphatic rings. The molecule has 2 aromatic heterocycles. The van der Waals surface area contributed by atoms with E-state index < -0.39 is 0 Å². The summed E-state index contributed by atoms with van der Waals surface area (Å²) in [4.78, 5) is 23.1. The summed E-state index contributed by atoms with van der Waals surface area (Å²) in [6, 6.07) is 9.61. The van der Waals surface area contributed by atoms with Gasteiger partial charge >= 0.3 is 0 Å². The second-order valence-corrected chi connectivity index (χ2v) is 6.89. The third kappa shape index (κ3) is 2.94. The van der Waals surface area contributed by atoms with E-state index in [1.807, 2.05) is 35.2 Å².